The molecule has 0 bridgehead atoms. The molecule has 6 heteroatoms. The maximum atomic E-state index is 5.44. The molecule has 0 saturated heterocycles. The Hall–Kier alpha value is -2.89. The summed E-state index contributed by atoms with van der Waals surface area (Å²) in [7, 11) is 1.90. The van der Waals surface area contributed by atoms with E-state index in [-0.39, 0.29) is 0 Å². The second-order valence-corrected chi connectivity index (χ2v) is 5.15. The molecule has 0 aliphatic heterocycles. The summed E-state index contributed by atoms with van der Waals surface area (Å²) < 4.78 is 7.22. The molecular formula is C17H19N5O. The van der Waals surface area contributed by atoms with Gasteiger partial charge < -0.3 is 10.1 Å². The van der Waals surface area contributed by atoms with Crippen LogP contribution in [0.5, 0.6) is 5.75 Å². The summed E-state index contributed by atoms with van der Waals surface area (Å²) in [4.78, 5) is 8.84. The number of nitrogens with one attached hydrogen (secondary N) is 1. The van der Waals surface area contributed by atoms with Crippen LogP contribution in [0.15, 0.2) is 42.7 Å². The third kappa shape index (κ3) is 3.48. The number of ether oxygens (including phenoxy) is 1. The standard InChI is InChI=1S/C17H19N5O/c1-4-23-14-7-5-13(6-8-14)19-17-18-10-9-16(20-17)15-11-22(3)21-12(15)2/h5-11H,4H2,1-3H3,(H,18,19,20). The molecule has 0 amide bonds. The van der Waals surface area contributed by atoms with Crippen LogP contribution in [0.1, 0.15) is 12.6 Å². The molecule has 1 aromatic carbocycles. The summed E-state index contributed by atoms with van der Waals surface area (Å²) in [6.07, 6.45) is 3.70. The Morgan fingerprint density at radius 1 is 1.17 bits per heavy atom. The minimum atomic E-state index is 0.551. The van der Waals surface area contributed by atoms with E-state index < -0.39 is 0 Å². The Labute approximate surface area is 135 Å². The molecule has 6 nitrogen and oxygen atoms in total. The Morgan fingerprint density at radius 2 is 1.96 bits per heavy atom. The van der Waals surface area contributed by atoms with Gasteiger partial charge in [-0.3, -0.25) is 4.68 Å². The molecule has 3 aromatic rings. The molecule has 0 fully saturated rings. The topological polar surface area (TPSA) is 64.9 Å². The fourth-order valence-electron chi connectivity index (χ4n) is 2.35. The number of aromatic nitrogens is 4. The average Bonchev–Trinajstić information content (AvgIpc) is 2.88. The smallest absolute Gasteiger partial charge is 0.227 e. The highest BCUT2D eigenvalue weighted by Crippen LogP contribution is 2.22. The quantitative estimate of drug-likeness (QED) is 0.783. The van der Waals surface area contributed by atoms with Gasteiger partial charge in [-0.05, 0) is 44.2 Å². The van der Waals surface area contributed by atoms with Gasteiger partial charge in [0.15, 0.2) is 0 Å². The van der Waals surface area contributed by atoms with Gasteiger partial charge in [0.1, 0.15) is 5.75 Å². The lowest BCUT2D eigenvalue weighted by atomic mass is 10.2. The maximum absolute atomic E-state index is 5.44. The first-order valence-corrected chi connectivity index (χ1v) is 7.49. The highest BCUT2D eigenvalue weighted by molar-refractivity contribution is 5.63. The Morgan fingerprint density at radius 3 is 2.61 bits per heavy atom. The third-order valence-corrected chi connectivity index (χ3v) is 3.37. The second kappa shape index (κ2) is 6.48. The van der Waals surface area contributed by atoms with Crippen LogP contribution in [0.4, 0.5) is 11.6 Å². The summed E-state index contributed by atoms with van der Waals surface area (Å²) in [5, 5.41) is 7.55. The van der Waals surface area contributed by atoms with E-state index in [1.165, 1.54) is 0 Å². The molecule has 0 spiro atoms. The fourth-order valence-corrected chi connectivity index (χ4v) is 2.35. The molecule has 3 rings (SSSR count). The highest BCUT2D eigenvalue weighted by atomic mass is 16.5. The molecule has 0 aliphatic carbocycles. The first kappa shape index (κ1) is 15.0. The van der Waals surface area contributed by atoms with Crippen molar-refractivity contribution < 1.29 is 4.74 Å². The molecule has 0 unspecified atom stereocenters. The van der Waals surface area contributed by atoms with Gasteiger partial charge in [0.2, 0.25) is 5.95 Å². The Balaban J connectivity index is 1.81. The summed E-state index contributed by atoms with van der Waals surface area (Å²) in [5.41, 5.74) is 3.70. The number of nitrogens with zero attached hydrogens (tertiary/aromatic N) is 4. The van der Waals surface area contributed by atoms with E-state index >= 15 is 0 Å². The first-order valence-electron chi connectivity index (χ1n) is 7.49. The van der Waals surface area contributed by atoms with E-state index in [0.717, 1.165) is 28.4 Å². The molecule has 0 atom stereocenters. The van der Waals surface area contributed by atoms with Crippen molar-refractivity contribution in [1.82, 2.24) is 19.7 Å². The van der Waals surface area contributed by atoms with E-state index in [9.17, 15) is 0 Å². The minimum absolute atomic E-state index is 0.551. The van der Waals surface area contributed by atoms with Crippen molar-refractivity contribution in [3.63, 3.8) is 0 Å². The number of hydrogen-bond donors (Lipinski definition) is 1. The van der Waals surface area contributed by atoms with Crippen LogP contribution in [0, 0.1) is 6.92 Å². The van der Waals surface area contributed by atoms with Gasteiger partial charge in [-0.1, -0.05) is 0 Å². The van der Waals surface area contributed by atoms with Crippen LogP contribution in [0.25, 0.3) is 11.3 Å². The van der Waals surface area contributed by atoms with Gasteiger partial charge in [0.25, 0.3) is 0 Å². The van der Waals surface area contributed by atoms with E-state index in [0.29, 0.717) is 12.6 Å². The number of aryl methyl sites for hydroxylation is 2. The summed E-state index contributed by atoms with van der Waals surface area (Å²) in [6.45, 7) is 4.59. The van der Waals surface area contributed by atoms with Crippen LogP contribution in [0.3, 0.4) is 0 Å². The minimum Gasteiger partial charge on any atom is -0.494 e. The van der Waals surface area contributed by atoms with Gasteiger partial charge in [-0.2, -0.15) is 5.10 Å². The SMILES string of the molecule is CCOc1ccc(Nc2nccc(-c3cn(C)nc3C)n2)cc1. The highest BCUT2D eigenvalue weighted by Gasteiger charge is 2.08. The zero-order chi connectivity index (χ0) is 16.2. The molecule has 0 saturated carbocycles. The monoisotopic (exact) mass is 309 g/mol. The van der Waals surface area contributed by atoms with Gasteiger partial charge in [-0.15, -0.1) is 0 Å². The molecule has 2 aromatic heterocycles. The van der Waals surface area contributed by atoms with Crippen molar-refractivity contribution in [1.29, 1.82) is 0 Å². The van der Waals surface area contributed by atoms with E-state index in [1.54, 1.807) is 10.9 Å². The Bertz CT molecular complexity index is 795. The zero-order valence-corrected chi connectivity index (χ0v) is 13.4. The lowest BCUT2D eigenvalue weighted by Crippen LogP contribution is -1.98. The Kier molecular flexibility index (Phi) is 4.23. The number of rotatable bonds is 5. The predicted molar refractivity (Wildman–Crippen MR) is 89.9 cm³/mol. The van der Waals surface area contributed by atoms with Crippen molar-refractivity contribution in [3.8, 4) is 17.0 Å². The normalized spacial score (nSPS) is 10.6. The second-order valence-electron chi connectivity index (χ2n) is 5.15. The van der Waals surface area contributed by atoms with E-state index in [2.05, 4.69) is 20.4 Å². The van der Waals surface area contributed by atoms with Crippen molar-refractivity contribution in [2.75, 3.05) is 11.9 Å². The average molecular weight is 309 g/mol. The predicted octanol–water partition coefficient (Wildman–Crippen LogP) is 3.33. The number of anilines is 2. The number of benzene rings is 1. The lowest BCUT2D eigenvalue weighted by molar-refractivity contribution is 0.340. The van der Waals surface area contributed by atoms with Gasteiger partial charge in [-0.25, -0.2) is 9.97 Å². The van der Waals surface area contributed by atoms with Crippen LogP contribution in [-0.2, 0) is 7.05 Å². The summed E-state index contributed by atoms with van der Waals surface area (Å²) >= 11 is 0. The van der Waals surface area contributed by atoms with Crippen molar-refractivity contribution in [2.45, 2.75) is 13.8 Å². The fraction of sp³-hybridized carbons (Fsp3) is 0.235. The largest absolute Gasteiger partial charge is 0.494 e. The molecule has 2 heterocycles. The molecular weight excluding hydrogens is 290 g/mol. The van der Waals surface area contributed by atoms with Crippen molar-refractivity contribution in [3.05, 3.63) is 48.4 Å². The van der Waals surface area contributed by atoms with E-state index in [4.69, 9.17) is 4.74 Å². The molecule has 1 N–H and O–H groups in total. The summed E-state index contributed by atoms with van der Waals surface area (Å²) in [6, 6.07) is 9.60. The van der Waals surface area contributed by atoms with Crippen LogP contribution < -0.4 is 10.1 Å². The zero-order valence-electron chi connectivity index (χ0n) is 13.4. The van der Waals surface area contributed by atoms with Gasteiger partial charge >= 0.3 is 0 Å². The summed E-state index contributed by atoms with van der Waals surface area (Å²) in [5.74, 6) is 1.40. The van der Waals surface area contributed by atoms with Crippen LogP contribution >= 0.6 is 0 Å². The van der Waals surface area contributed by atoms with Crippen molar-refractivity contribution >= 4 is 11.6 Å². The first-order chi connectivity index (χ1) is 11.2. The van der Waals surface area contributed by atoms with Crippen molar-refractivity contribution in [2.24, 2.45) is 7.05 Å². The molecule has 118 valence electrons. The van der Waals surface area contributed by atoms with Gasteiger partial charge in [0.05, 0.1) is 18.0 Å². The van der Waals surface area contributed by atoms with E-state index in [1.807, 2.05) is 57.4 Å². The van der Waals surface area contributed by atoms with Crippen LogP contribution in [0.2, 0.25) is 0 Å². The number of hydrogen-bond acceptors (Lipinski definition) is 5. The van der Waals surface area contributed by atoms with Gasteiger partial charge in [0, 0.05) is 30.7 Å². The molecule has 23 heavy (non-hydrogen) atoms. The van der Waals surface area contributed by atoms with Crippen LogP contribution in [-0.4, -0.2) is 26.4 Å². The third-order valence-electron chi connectivity index (χ3n) is 3.37. The molecule has 0 radical (unpaired) electrons. The lowest BCUT2D eigenvalue weighted by Gasteiger charge is -2.07. The maximum Gasteiger partial charge on any atom is 0.227 e. The molecule has 0 aliphatic rings.